The van der Waals surface area contributed by atoms with Crippen LogP contribution in [0.25, 0.3) is 0 Å². The van der Waals surface area contributed by atoms with Crippen LogP contribution in [0.1, 0.15) is 44.9 Å². The highest BCUT2D eigenvalue weighted by Gasteiger charge is 2.55. The summed E-state index contributed by atoms with van der Waals surface area (Å²) in [6.45, 7) is 0.589. The number of nitrogens with two attached hydrogens (primary N) is 1. The minimum absolute atomic E-state index is 0.0690. The van der Waals surface area contributed by atoms with Gasteiger partial charge in [0.25, 0.3) is 10.1 Å². The molecule has 4 fully saturated rings. The van der Waals surface area contributed by atoms with Gasteiger partial charge in [-0.3, -0.25) is 9.35 Å². The van der Waals surface area contributed by atoms with Gasteiger partial charge in [-0.05, 0) is 75.2 Å². The Balaban J connectivity index is 1.58. The zero-order chi connectivity index (χ0) is 17.5. The molecule has 7 nitrogen and oxygen atoms in total. The van der Waals surface area contributed by atoms with Crippen LogP contribution in [0.4, 0.5) is 0 Å². The predicted molar refractivity (Wildman–Crippen MR) is 89.0 cm³/mol. The Bertz CT molecular complexity index is 577. The third kappa shape index (κ3) is 3.92. The number of carboxylic acids is 1. The van der Waals surface area contributed by atoms with Crippen molar-refractivity contribution >= 4 is 16.1 Å². The molecule has 0 aromatic heterocycles. The fourth-order valence-corrected chi connectivity index (χ4v) is 6.24. The van der Waals surface area contributed by atoms with Crippen molar-refractivity contribution in [2.75, 3.05) is 12.3 Å². The fraction of sp³-hybridized carbons (Fsp3) is 0.938. The number of carboxylic acid groups (broad SMARTS) is 1. The normalized spacial score (nSPS) is 39.1. The molecule has 0 spiro atoms. The second kappa shape index (κ2) is 6.55. The van der Waals surface area contributed by atoms with Crippen molar-refractivity contribution in [2.45, 2.75) is 56.5 Å². The van der Waals surface area contributed by atoms with E-state index in [0.29, 0.717) is 43.1 Å². The van der Waals surface area contributed by atoms with Crippen LogP contribution in [0.15, 0.2) is 0 Å². The quantitative estimate of drug-likeness (QED) is 0.373. The van der Waals surface area contributed by atoms with Gasteiger partial charge >= 0.3 is 5.97 Å². The number of rotatable bonds is 8. The molecule has 0 heterocycles. The Morgan fingerprint density at radius 3 is 2.42 bits per heavy atom. The first kappa shape index (κ1) is 18.1. The third-order valence-corrected chi connectivity index (χ3v) is 7.20. The molecule has 0 aliphatic heterocycles. The molecule has 8 heteroatoms. The first-order valence-electron chi connectivity index (χ1n) is 8.86. The van der Waals surface area contributed by atoms with Gasteiger partial charge < -0.3 is 16.2 Å². The lowest BCUT2D eigenvalue weighted by Crippen LogP contribution is -2.61. The maximum atomic E-state index is 11.1. The first-order chi connectivity index (χ1) is 11.2. The molecule has 5 N–H and O–H groups in total. The fourth-order valence-electron chi connectivity index (χ4n) is 5.73. The summed E-state index contributed by atoms with van der Waals surface area (Å²) in [6, 6.07) is -0.772. The van der Waals surface area contributed by atoms with Gasteiger partial charge in [0, 0.05) is 5.54 Å². The zero-order valence-electron chi connectivity index (χ0n) is 13.9. The van der Waals surface area contributed by atoms with E-state index in [2.05, 4.69) is 5.32 Å². The maximum absolute atomic E-state index is 11.1. The van der Waals surface area contributed by atoms with Crippen molar-refractivity contribution in [2.24, 2.45) is 29.4 Å². The standard InChI is InChI=1S/C16H28N2O5S/c17-14(15(19)20)6-13-11-4-10-5-12(13)9-16(7-10,8-11)18-2-1-3-24(21,22)23/h10-14,18H,1-9,17H2,(H,19,20)(H,21,22,23)/t10?,11?,12?,13?,14-,16?/m0/s1. The number of nitrogens with one attached hydrogen (secondary N) is 1. The van der Waals surface area contributed by atoms with Crippen LogP contribution in [0.2, 0.25) is 0 Å². The molecule has 0 aromatic rings. The van der Waals surface area contributed by atoms with Crippen LogP contribution in [0.5, 0.6) is 0 Å². The van der Waals surface area contributed by atoms with E-state index in [1.165, 1.54) is 12.8 Å². The van der Waals surface area contributed by atoms with Crippen molar-refractivity contribution < 1.29 is 22.9 Å². The van der Waals surface area contributed by atoms with Gasteiger partial charge in [0.2, 0.25) is 0 Å². The topological polar surface area (TPSA) is 130 Å². The highest BCUT2D eigenvalue weighted by molar-refractivity contribution is 7.85. The Kier molecular flexibility index (Phi) is 4.94. The van der Waals surface area contributed by atoms with E-state index in [4.69, 9.17) is 15.4 Å². The van der Waals surface area contributed by atoms with E-state index in [-0.39, 0.29) is 11.3 Å². The molecular formula is C16H28N2O5S. The Hall–Kier alpha value is -0.700. The van der Waals surface area contributed by atoms with E-state index >= 15 is 0 Å². The maximum Gasteiger partial charge on any atom is 0.320 e. The summed E-state index contributed by atoms with van der Waals surface area (Å²) in [6.07, 6.45) is 6.50. The van der Waals surface area contributed by atoms with Crippen LogP contribution in [0.3, 0.4) is 0 Å². The van der Waals surface area contributed by atoms with Crippen molar-refractivity contribution in [3.05, 3.63) is 0 Å². The third-order valence-electron chi connectivity index (χ3n) is 6.39. The zero-order valence-corrected chi connectivity index (χ0v) is 14.7. The van der Waals surface area contributed by atoms with Crippen molar-refractivity contribution in [1.82, 2.24) is 5.32 Å². The lowest BCUT2D eigenvalue weighted by Gasteiger charge is -2.61. The molecule has 4 bridgehead atoms. The number of hydrogen-bond donors (Lipinski definition) is 4. The second-order valence-corrected chi connectivity index (χ2v) is 9.73. The SMILES string of the molecule is N[C@@H](CC1C2CC3CC1CC(NCCCS(=O)(=O)O)(C3)C2)C(=O)O. The molecule has 3 atom stereocenters. The summed E-state index contributed by atoms with van der Waals surface area (Å²) >= 11 is 0. The van der Waals surface area contributed by atoms with Crippen molar-refractivity contribution in [1.29, 1.82) is 0 Å². The van der Waals surface area contributed by atoms with Gasteiger partial charge in [-0.1, -0.05) is 0 Å². The molecule has 138 valence electrons. The molecular weight excluding hydrogens is 332 g/mol. The number of aliphatic carboxylic acids is 1. The largest absolute Gasteiger partial charge is 0.480 e. The summed E-state index contributed by atoms with van der Waals surface area (Å²) in [5, 5.41) is 12.7. The van der Waals surface area contributed by atoms with Gasteiger partial charge in [0.1, 0.15) is 6.04 Å². The Labute approximate surface area is 143 Å². The second-order valence-electron chi connectivity index (χ2n) is 8.16. The minimum atomic E-state index is -3.89. The summed E-state index contributed by atoms with van der Waals surface area (Å²) in [7, 11) is -3.89. The van der Waals surface area contributed by atoms with Gasteiger partial charge in [-0.25, -0.2) is 0 Å². The molecule has 4 rings (SSSR count). The molecule has 0 amide bonds. The van der Waals surface area contributed by atoms with Crippen molar-refractivity contribution in [3.63, 3.8) is 0 Å². The van der Waals surface area contributed by atoms with E-state index < -0.39 is 22.1 Å². The molecule has 4 aliphatic rings. The first-order valence-corrected chi connectivity index (χ1v) is 10.5. The molecule has 0 saturated heterocycles. The van der Waals surface area contributed by atoms with E-state index in [1.807, 2.05) is 0 Å². The van der Waals surface area contributed by atoms with Crippen LogP contribution in [0, 0.1) is 23.7 Å². The lowest BCUT2D eigenvalue weighted by atomic mass is 9.48. The Morgan fingerprint density at radius 1 is 1.25 bits per heavy atom. The monoisotopic (exact) mass is 360 g/mol. The van der Waals surface area contributed by atoms with Gasteiger partial charge in [0.05, 0.1) is 5.75 Å². The number of carbonyl (C=O) groups is 1. The Morgan fingerprint density at radius 2 is 1.88 bits per heavy atom. The number of hydrogen-bond acceptors (Lipinski definition) is 5. The van der Waals surface area contributed by atoms with Crippen LogP contribution in [-0.2, 0) is 14.9 Å². The highest BCUT2D eigenvalue weighted by Crippen LogP contribution is 2.59. The summed E-state index contributed by atoms with van der Waals surface area (Å²) in [5.74, 6) is 1.02. The van der Waals surface area contributed by atoms with Crippen LogP contribution >= 0.6 is 0 Å². The summed E-state index contributed by atoms with van der Waals surface area (Å²) < 4.78 is 30.5. The van der Waals surface area contributed by atoms with Gasteiger partial charge in [-0.2, -0.15) is 8.42 Å². The van der Waals surface area contributed by atoms with Crippen LogP contribution < -0.4 is 11.1 Å². The van der Waals surface area contributed by atoms with E-state index in [1.54, 1.807) is 0 Å². The molecule has 0 aromatic carbocycles. The highest BCUT2D eigenvalue weighted by atomic mass is 32.2. The molecule has 0 radical (unpaired) electrons. The van der Waals surface area contributed by atoms with E-state index in [9.17, 15) is 13.2 Å². The molecule has 24 heavy (non-hydrogen) atoms. The smallest absolute Gasteiger partial charge is 0.320 e. The molecule has 4 saturated carbocycles. The average Bonchev–Trinajstić information content (AvgIpc) is 2.45. The van der Waals surface area contributed by atoms with Crippen molar-refractivity contribution in [3.8, 4) is 0 Å². The van der Waals surface area contributed by atoms with Gasteiger partial charge in [-0.15, -0.1) is 0 Å². The van der Waals surface area contributed by atoms with Crippen LogP contribution in [-0.4, -0.2) is 47.9 Å². The van der Waals surface area contributed by atoms with E-state index in [0.717, 1.165) is 19.3 Å². The minimum Gasteiger partial charge on any atom is -0.480 e. The molecule has 2 unspecified atom stereocenters. The summed E-state index contributed by atoms with van der Waals surface area (Å²) in [4.78, 5) is 11.1. The van der Waals surface area contributed by atoms with Gasteiger partial charge in [0.15, 0.2) is 0 Å². The molecule has 4 aliphatic carbocycles. The lowest BCUT2D eigenvalue weighted by molar-refractivity contribution is -0.140. The summed E-state index contributed by atoms with van der Waals surface area (Å²) in [5.41, 5.74) is 5.84. The average molecular weight is 360 g/mol. The predicted octanol–water partition coefficient (Wildman–Crippen LogP) is 0.851.